The van der Waals surface area contributed by atoms with E-state index in [2.05, 4.69) is 74.2 Å². The topological polar surface area (TPSA) is 18.5 Å². The van der Waals surface area contributed by atoms with Gasteiger partial charge in [-0.05, 0) is 32.4 Å². The lowest BCUT2D eigenvalue weighted by Gasteiger charge is -2.47. The quantitative estimate of drug-likeness (QED) is 0.902. The van der Waals surface area contributed by atoms with Crippen molar-refractivity contribution in [3.05, 3.63) is 24.3 Å². The van der Waals surface area contributed by atoms with Crippen molar-refractivity contribution in [3.63, 3.8) is 0 Å². The zero-order valence-corrected chi connectivity index (χ0v) is 12.9. The van der Waals surface area contributed by atoms with E-state index in [9.17, 15) is 0 Å². The van der Waals surface area contributed by atoms with Crippen molar-refractivity contribution in [2.45, 2.75) is 38.8 Å². The van der Waals surface area contributed by atoms with Crippen LogP contribution in [-0.2, 0) is 0 Å². The molecule has 1 heterocycles. The number of para-hydroxylation sites is 2. The minimum atomic E-state index is 0.214. The Balaban J connectivity index is 2.34. The van der Waals surface area contributed by atoms with E-state index in [1.807, 2.05) is 0 Å². The zero-order chi connectivity index (χ0) is 14.0. The number of nitrogens with one attached hydrogen (secondary N) is 1. The van der Waals surface area contributed by atoms with Gasteiger partial charge in [0.25, 0.3) is 0 Å². The number of nitrogens with zero attached hydrogens (tertiary/aromatic N) is 2. The molecular formula is C16H27N3. The normalized spacial score (nSPS) is 27.4. The molecule has 3 heteroatoms. The summed E-state index contributed by atoms with van der Waals surface area (Å²) in [6.07, 6.45) is 1.15. The lowest BCUT2D eigenvalue weighted by Crippen LogP contribution is -2.62. The fourth-order valence-corrected chi connectivity index (χ4v) is 2.74. The molecule has 1 saturated heterocycles. The van der Waals surface area contributed by atoms with E-state index < -0.39 is 0 Å². The standard InChI is InChI=1S/C16H27N3/c1-6-16(3)12-19(13(2)11-17-16)15-10-8-7-9-14(15)18(4)5/h7-10,13,17H,6,11-12H2,1-5H3. The summed E-state index contributed by atoms with van der Waals surface area (Å²) in [6.45, 7) is 9.00. The number of hydrogen-bond acceptors (Lipinski definition) is 3. The lowest BCUT2D eigenvalue weighted by atomic mass is 9.93. The van der Waals surface area contributed by atoms with Crippen LogP contribution in [0.4, 0.5) is 11.4 Å². The van der Waals surface area contributed by atoms with Crippen LogP contribution in [0.3, 0.4) is 0 Å². The third-order valence-corrected chi connectivity index (χ3v) is 4.33. The van der Waals surface area contributed by atoms with Gasteiger partial charge in [0.05, 0.1) is 11.4 Å². The van der Waals surface area contributed by atoms with Gasteiger partial charge in [0, 0.05) is 38.8 Å². The van der Waals surface area contributed by atoms with Crippen molar-refractivity contribution in [3.8, 4) is 0 Å². The molecule has 3 nitrogen and oxygen atoms in total. The monoisotopic (exact) mass is 261 g/mol. The highest BCUT2D eigenvalue weighted by Gasteiger charge is 2.33. The van der Waals surface area contributed by atoms with Gasteiger partial charge in [-0.3, -0.25) is 0 Å². The van der Waals surface area contributed by atoms with E-state index in [4.69, 9.17) is 0 Å². The molecule has 0 saturated carbocycles. The molecule has 2 unspecified atom stereocenters. The Kier molecular flexibility index (Phi) is 4.04. The number of anilines is 2. The van der Waals surface area contributed by atoms with Gasteiger partial charge in [-0.25, -0.2) is 0 Å². The Morgan fingerprint density at radius 1 is 1.37 bits per heavy atom. The molecule has 19 heavy (non-hydrogen) atoms. The largest absolute Gasteiger partial charge is 0.376 e. The molecule has 2 atom stereocenters. The summed E-state index contributed by atoms with van der Waals surface area (Å²) in [5, 5.41) is 3.69. The Morgan fingerprint density at radius 3 is 2.68 bits per heavy atom. The Morgan fingerprint density at radius 2 is 2.05 bits per heavy atom. The third kappa shape index (κ3) is 2.86. The average Bonchev–Trinajstić information content (AvgIpc) is 2.42. The summed E-state index contributed by atoms with van der Waals surface area (Å²) >= 11 is 0. The van der Waals surface area contributed by atoms with Crippen LogP contribution in [0.25, 0.3) is 0 Å². The van der Waals surface area contributed by atoms with Crippen molar-refractivity contribution >= 4 is 11.4 Å². The van der Waals surface area contributed by atoms with E-state index in [1.165, 1.54) is 11.4 Å². The number of rotatable bonds is 3. The van der Waals surface area contributed by atoms with E-state index in [1.54, 1.807) is 0 Å². The molecule has 0 amide bonds. The summed E-state index contributed by atoms with van der Waals surface area (Å²) in [5.41, 5.74) is 2.86. The van der Waals surface area contributed by atoms with Crippen molar-refractivity contribution in [2.75, 3.05) is 37.0 Å². The molecule has 0 spiro atoms. The molecule has 1 N–H and O–H groups in total. The first kappa shape index (κ1) is 14.2. The Bertz CT molecular complexity index is 430. The molecule has 1 aliphatic heterocycles. The lowest BCUT2D eigenvalue weighted by molar-refractivity contribution is 0.286. The highest BCUT2D eigenvalue weighted by molar-refractivity contribution is 5.71. The van der Waals surface area contributed by atoms with Crippen molar-refractivity contribution in [1.29, 1.82) is 0 Å². The van der Waals surface area contributed by atoms with Crippen LogP contribution in [0.5, 0.6) is 0 Å². The minimum absolute atomic E-state index is 0.214. The van der Waals surface area contributed by atoms with Gasteiger partial charge in [-0.1, -0.05) is 19.1 Å². The molecule has 1 aliphatic rings. The van der Waals surface area contributed by atoms with Crippen LogP contribution in [0.15, 0.2) is 24.3 Å². The highest BCUT2D eigenvalue weighted by atomic mass is 15.3. The van der Waals surface area contributed by atoms with Gasteiger partial charge in [-0.15, -0.1) is 0 Å². The second-order valence-electron chi connectivity index (χ2n) is 6.16. The maximum Gasteiger partial charge on any atom is 0.0607 e. The summed E-state index contributed by atoms with van der Waals surface area (Å²) in [7, 11) is 4.23. The van der Waals surface area contributed by atoms with Gasteiger partial charge < -0.3 is 15.1 Å². The first-order valence-corrected chi connectivity index (χ1v) is 7.25. The van der Waals surface area contributed by atoms with Crippen molar-refractivity contribution in [1.82, 2.24) is 5.32 Å². The summed E-state index contributed by atoms with van der Waals surface area (Å²) in [4.78, 5) is 4.75. The van der Waals surface area contributed by atoms with Crippen molar-refractivity contribution < 1.29 is 0 Å². The van der Waals surface area contributed by atoms with E-state index in [0.29, 0.717) is 6.04 Å². The van der Waals surface area contributed by atoms with E-state index in [-0.39, 0.29) is 5.54 Å². The van der Waals surface area contributed by atoms with Gasteiger partial charge in [0.1, 0.15) is 0 Å². The van der Waals surface area contributed by atoms with Crippen LogP contribution in [0.1, 0.15) is 27.2 Å². The molecule has 2 rings (SSSR count). The van der Waals surface area contributed by atoms with Crippen LogP contribution in [0, 0.1) is 0 Å². The second kappa shape index (κ2) is 5.41. The number of hydrogen-bond donors (Lipinski definition) is 1. The third-order valence-electron chi connectivity index (χ3n) is 4.33. The molecule has 1 aromatic carbocycles. The maximum absolute atomic E-state index is 3.69. The number of benzene rings is 1. The molecule has 106 valence electrons. The minimum Gasteiger partial charge on any atom is -0.376 e. The smallest absolute Gasteiger partial charge is 0.0607 e. The SMILES string of the molecule is CCC1(C)CN(c2ccccc2N(C)C)C(C)CN1. The summed E-state index contributed by atoms with van der Waals surface area (Å²) in [5.74, 6) is 0. The molecule has 1 aromatic rings. The summed E-state index contributed by atoms with van der Waals surface area (Å²) in [6, 6.07) is 9.23. The fraction of sp³-hybridized carbons (Fsp3) is 0.625. The molecular weight excluding hydrogens is 234 g/mol. The first-order valence-electron chi connectivity index (χ1n) is 7.25. The number of piperazine rings is 1. The van der Waals surface area contributed by atoms with E-state index in [0.717, 1.165) is 19.5 Å². The summed E-state index contributed by atoms with van der Waals surface area (Å²) < 4.78 is 0. The maximum atomic E-state index is 3.69. The van der Waals surface area contributed by atoms with Crippen LogP contribution < -0.4 is 15.1 Å². The molecule has 0 bridgehead atoms. The van der Waals surface area contributed by atoms with Crippen LogP contribution in [-0.4, -0.2) is 38.8 Å². The average molecular weight is 261 g/mol. The predicted octanol–water partition coefficient (Wildman–Crippen LogP) is 2.72. The van der Waals surface area contributed by atoms with Gasteiger partial charge in [-0.2, -0.15) is 0 Å². The fourth-order valence-electron chi connectivity index (χ4n) is 2.74. The predicted molar refractivity (Wildman–Crippen MR) is 84.3 cm³/mol. The molecule has 0 aromatic heterocycles. The van der Waals surface area contributed by atoms with E-state index >= 15 is 0 Å². The van der Waals surface area contributed by atoms with Gasteiger partial charge in [0.15, 0.2) is 0 Å². The van der Waals surface area contributed by atoms with Gasteiger partial charge in [0.2, 0.25) is 0 Å². The Labute approximate surface area is 117 Å². The van der Waals surface area contributed by atoms with Gasteiger partial charge >= 0.3 is 0 Å². The molecule has 0 radical (unpaired) electrons. The highest BCUT2D eigenvalue weighted by Crippen LogP contribution is 2.32. The van der Waals surface area contributed by atoms with Crippen LogP contribution >= 0.6 is 0 Å². The molecule has 0 aliphatic carbocycles. The Hall–Kier alpha value is -1.22. The first-order chi connectivity index (χ1) is 8.97. The van der Waals surface area contributed by atoms with Crippen molar-refractivity contribution in [2.24, 2.45) is 0 Å². The zero-order valence-electron chi connectivity index (χ0n) is 12.9. The van der Waals surface area contributed by atoms with Crippen LogP contribution in [0.2, 0.25) is 0 Å². The second-order valence-corrected chi connectivity index (χ2v) is 6.16. The molecule has 1 fully saturated rings.